The maximum atomic E-state index is 10.6. The van der Waals surface area contributed by atoms with Crippen LogP contribution >= 0.6 is 0 Å². The molecule has 1 amide bonds. The van der Waals surface area contributed by atoms with Gasteiger partial charge in [-0.3, -0.25) is 4.79 Å². The van der Waals surface area contributed by atoms with Gasteiger partial charge in [0.1, 0.15) is 17.5 Å². The van der Waals surface area contributed by atoms with Gasteiger partial charge in [0.15, 0.2) is 0 Å². The summed E-state index contributed by atoms with van der Waals surface area (Å²) < 4.78 is 0. The van der Waals surface area contributed by atoms with E-state index < -0.39 is 5.91 Å². The molecule has 0 saturated carbocycles. The summed E-state index contributed by atoms with van der Waals surface area (Å²) in [6.45, 7) is 3.55. The van der Waals surface area contributed by atoms with Gasteiger partial charge >= 0.3 is 0 Å². The Labute approximate surface area is 87.2 Å². The normalized spacial score (nSPS) is 9.80. The maximum absolute atomic E-state index is 10.6. The summed E-state index contributed by atoms with van der Waals surface area (Å²) in [5.74, 6) is 6.46. The van der Waals surface area contributed by atoms with Crippen LogP contribution in [0.25, 0.3) is 0 Å². The van der Waals surface area contributed by atoms with Crippen LogP contribution < -0.4 is 22.3 Å². The van der Waals surface area contributed by atoms with Crippen LogP contribution in [-0.4, -0.2) is 22.4 Å². The number of primary amides is 1. The van der Waals surface area contributed by atoms with Gasteiger partial charge < -0.3 is 16.5 Å². The first-order valence-electron chi connectivity index (χ1n) is 4.38. The van der Waals surface area contributed by atoms with Crippen molar-refractivity contribution in [2.75, 3.05) is 17.3 Å². The highest BCUT2D eigenvalue weighted by atomic mass is 16.1. The molecular weight excluding hydrogens is 196 g/mol. The Bertz CT molecular complexity index is 378. The van der Waals surface area contributed by atoms with Crippen LogP contribution in [0.3, 0.4) is 0 Å². The number of amides is 1. The van der Waals surface area contributed by atoms with Crippen molar-refractivity contribution in [1.82, 2.24) is 9.97 Å². The number of nitrogens with two attached hydrogens (primary N) is 2. The highest BCUT2D eigenvalue weighted by Gasteiger charge is 2.08. The van der Waals surface area contributed by atoms with E-state index in [0.717, 1.165) is 5.56 Å². The lowest BCUT2D eigenvalue weighted by molar-refractivity contribution is -0.116. The number of anilines is 2. The molecule has 0 aliphatic heterocycles. The Morgan fingerprint density at radius 3 is 2.47 bits per heavy atom. The van der Waals surface area contributed by atoms with Crippen LogP contribution in [-0.2, 0) is 4.79 Å². The highest BCUT2D eigenvalue weighted by Crippen LogP contribution is 2.18. The second-order valence-corrected chi connectivity index (χ2v) is 3.06. The van der Waals surface area contributed by atoms with E-state index in [2.05, 4.69) is 20.7 Å². The van der Waals surface area contributed by atoms with Crippen molar-refractivity contribution in [2.24, 2.45) is 11.6 Å². The molecule has 7 heteroatoms. The number of hydrazine groups is 1. The largest absolute Gasteiger partial charge is 0.368 e. The predicted octanol–water partition coefficient (Wildman–Crippen LogP) is -0.724. The highest BCUT2D eigenvalue weighted by molar-refractivity contribution is 5.79. The number of nitrogens with one attached hydrogen (secondary N) is 2. The van der Waals surface area contributed by atoms with Crippen molar-refractivity contribution in [3.63, 3.8) is 0 Å². The fourth-order valence-corrected chi connectivity index (χ4v) is 1.11. The number of rotatable bonds is 4. The van der Waals surface area contributed by atoms with E-state index in [9.17, 15) is 4.79 Å². The van der Waals surface area contributed by atoms with Crippen LogP contribution in [0.2, 0.25) is 0 Å². The Balaban J connectivity index is 2.95. The average Bonchev–Trinajstić information content (AvgIpc) is 2.18. The number of aromatic nitrogens is 2. The molecule has 1 rings (SSSR count). The van der Waals surface area contributed by atoms with Gasteiger partial charge in [0.2, 0.25) is 5.91 Å². The lowest BCUT2D eigenvalue weighted by Gasteiger charge is -2.11. The van der Waals surface area contributed by atoms with Crippen molar-refractivity contribution in [3.05, 3.63) is 11.4 Å². The molecule has 1 aromatic rings. The standard InChI is InChI=1S/C8H14N6O/c1-4-7(11-3-6(9)15)12-5(2)13-8(4)14-10/h3,10H2,1-2H3,(H2,9,15)(H2,11,12,13,14). The second kappa shape index (κ2) is 4.56. The first-order chi connectivity index (χ1) is 7.04. The number of hydrogen-bond acceptors (Lipinski definition) is 6. The molecule has 82 valence electrons. The van der Waals surface area contributed by atoms with E-state index >= 15 is 0 Å². The number of hydrogen-bond donors (Lipinski definition) is 4. The van der Waals surface area contributed by atoms with E-state index in [1.165, 1.54) is 0 Å². The van der Waals surface area contributed by atoms with E-state index in [4.69, 9.17) is 11.6 Å². The van der Waals surface area contributed by atoms with Gasteiger partial charge in [-0.1, -0.05) is 0 Å². The summed E-state index contributed by atoms with van der Waals surface area (Å²) >= 11 is 0. The first-order valence-corrected chi connectivity index (χ1v) is 4.38. The molecule has 0 radical (unpaired) electrons. The van der Waals surface area contributed by atoms with Gasteiger partial charge in [0, 0.05) is 5.56 Å². The fourth-order valence-electron chi connectivity index (χ4n) is 1.11. The Morgan fingerprint density at radius 2 is 1.93 bits per heavy atom. The summed E-state index contributed by atoms with van der Waals surface area (Å²) in [6, 6.07) is 0. The molecule has 7 nitrogen and oxygen atoms in total. The van der Waals surface area contributed by atoms with E-state index in [0.29, 0.717) is 17.5 Å². The molecule has 6 N–H and O–H groups in total. The Morgan fingerprint density at radius 1 is 1.33 bits per heavy atom. The van der Waals surface area contributed by atoms with Crippen LogP contribution in [0, 0.1) is 13.8 Å². The Kier molecular flexibility index (Phi) is 3.40. The molecular formula is C8H14N6O. The lowest BCUT2D eigenvalue weighted by Crippen LogP contribution is -2.23. The quantitative estimate of drug-likeness (QED) is 0.384. The first kappa shape index (κ1) is 11.2. The van der Waals surface area contributed by atoms with Crippen molar-refractivity contribution in [1.29, 1.82) is 0 Å². The zero-order chi connectivity index (χ0) is 11.4. The van der Waals surface area contributed by atoms with E-state index in [1.54, 1.807) is 13.8 Å². The number of carbonyl (C=O) groups excluding carboxylic acids is 1. The molecule has 0 spiro atoms. The zero-order valence-electron chi connectivity index (χ0n) is 8.66. The minimum Gasteiger partial charge on any atom is -0.368 e. The summed E-state index contributed by atoms with van der Waals surface area (Å²) in [6.07, 6.45) is 0. The smallest absolute Gasteiger partial charge is 0.236 e. The Hall–Kier alpha value is -1.89. The van der Waals surface area contributed by atoms with E-state index in [1.807, 2.05) is 0 Å². The third-order valence-electron chi connectivity index (χ3n) is 1.82. The minimum absolute atomic E-state index is 0.0291. The second-order valence-electron chi connectivity index (χ2n) is 3.06. The van der Waals surface area contributed by atoms with Gasteiger partial charge in [-0.25, -0.2) is 15.8 Å². The number of aryl methyl sites for hydroxylation is 1. The SMILES string of the molecule is Cc1nc(NN)c(C)c(NCC(N)=O)n1. The lowest BCUT2D eigenvalue weighted by atomic mass is 10.3. The summed E-state index contributed by atoms with van der Waals surface area (Å²) in [5.41, 5.74) is 8.21. The van der Waals surface area contributed by atoms with Gasteiger partial charge in [-0.2, -0.15) is 0 Å². The van der Waals surface area contributed by atoms with Gasteiger partial charge in [0.05, 0.1) is 6.54 Å². The van der Waals surface area contributed by atoms with Crippen molar-refractivity contribution in [2.45, 2.75) is 13.8 Å². The molecule has 0 saturated heterocycles. The van der Waals surface area contributed by atoms with Crippen LogP contribution in [0.1, 0.15) is 11.4 Å². The molecule has 0 aliphatic carbocycles. The molecule has 1 heterocycles. The number of nitrogen functional groups attached to an aromatic ring is 1. The molecule has 15 heavy (non-hydrogen) atoms. The van der Waals surface area contributed by atoms with Crippen molar-refractivity contribution < 1.29 is 4.79 Å². The molecule has 1 aromatic heterocycles. The third kappa shape index (κ3) is 2.78. The van der Waals surface area contributed by atoms with E-state index in [-0.39, 0.29) is 6.54 Å². The molecule has 0 bridgehead atoms. The van der Waals surface area contributed by atoms with Gasteiger partial charge in [-0.15, -0.1) is 0 Å². The summed E-state index contributed by atoms with van der Waals surface area (Å²) in [4.78, 5) is 18.8. The van der Waals surface area contributed by atoms with Crippen LogP contribution in [0.15, 0.2) is 0 Å². The third-order valence-corrected chi connectivity index (χ3v) is 1.82. The monoisotopic (exact) mass is 210 g/mol. The average molecular weight is 210 g/mol. The van der Waals surface area contributed by atoms with Crippen LogP contribution in [0.5, 0.6) is 0 Å². The van der Waals surface area contributed by atoms with Gasteiger partial charge in [-0.05, 0) is 13.8 Å². The summed E-state index contributed by atoms with van der Waals surface area (Å²) in [7, 11) is 0. The molecule has 0 atom stereocenters. The number of nitrogens with zero attached hydrogens (tertiary/aromatic N) is 2. The fraction of sp³-hybridized carbons (Fsp3) is 0.375. The summed E-state index contributed by atoms with van der Waals surface area (Å²) in [5, 5.41) is 2.81. The molecule has 0 aromatic carbocycles. The predicted molar refractivity (Wildman–Crippen MR) is 57.0 cm³/mol. The maximum Gasteiger partial charge on any atom is 0.236 e. The molecule has 0 fully saturated rings. The van der Waals surface area contributed by atoms with Crippen molar-refractivity contribution >= 4 is 17.5 Å². The van der Waals surface area contributed by atoms with Crippen molar-refractivity contribution in [3.8, 4) is 0 Å². The molecule has 0 unspecified atom stereocenters. The van der Waals surface area contributed by atoms with Crippen LogP contribution in [0.4, 0.5) is 11.6 Å². The topological polar surface area (TPSA) is 119 Å². The minimum atomic E-state index is -0.451. The zero-order valence-corrected chi connectivity index (χ0v) is 8.66. The van der Waals surface area contributed by atoms with Gasteiger partial charge in [0.25, 0.3) is 0 Å². The molecule has 0 aliphatic rings. The number of carbonyl (C=O) groups is 1.